The third-order valence-electron chi connectivity index (χ3n) is 4.42. The molecule has 2 aromatic heterocycles. The Labute approximate surface area is 165 Å². The summed E-state index contributed by atoms with van der Waals surface area (Å²) in [5.74, 6) is 2.42. The number of aryl methyl sites for hydroxylation is 1. The molecule has 4 rings (SSSR count). The molecule has 0 spiro atoms. The molecule has 1 unspecified atom stereocenters. The van der Waals surface area contributed by atoms with Crippen LogP contribution in [0.1, 0.15) is 17.4 Å². The summed E-state index contributed by atoms with van der Waals surface area (Å²) < 4.78 is 8.37. The number of imidazole rings is 1. The fourth-order valence-corrected chi connectivity index (χ4v) is 3.42. The average Bonchev–Trinajstić information content (AvgIpc) is 3.12. The van der Waals surface area contributed by atoms with E-state index in [4.69, 9.17) is 4.74 Å². The lowest BCUT2D eigenvalue weighted by molar-refractivity contribution is 0.414. The molecule has 0 bridgehead atoms. The Morgan fingerprint density at radius 2 is 2.00 bits per heavy atom. The number of anilines is 1. The van der Waals surface area contributed by atoms with Crippen molar-refractivity contribution in [1.29, 1.82) is 0 Å². The highest BCUT2D eigenvalue weighted by molar-refractivity contribution is 9.10. The van der Waals surface area contributed by atoms with Crippen molar-refractivity contribution in [2.24, 2.45) is 7.05 Å². The van der Waals surface area contributed by atoms with Crippen LogP contribution in [0.15, 0.2) is 65.7 Å². The predicted molar refractivity (Wildman–Crippen MR) is 109 cm³/mol. The van der Waals surface area contributed by atoms with Gasteiger partial charge < -0.3 is 14.6 Å². The summed E-state index contributed by atoms with van der Waals surface area (Å²) in [5.41, 5.74) is 1.91. The number of halogens is 1. The minimum Gasteiger partial charge on any atom is -0.497 e. The van der Waals surface area contributed by atoms with E-state index in [0.29, 0.717) is 0 Å². The van der Waals surface area contributed by atoms with E-state index in [1.165, 1.54) is 0 Å². The molecule has 0 saturated heterocycles. The van der Waals surface area contributed by atoms with E-state index in [-0.39, 0.29) is 6.04 Å². The number of ether oxygens (including phenoxy) is 1. The summed E-state index contributed by atoms with van der Waals surface area (Å²) in [6.07, 6.45) is 5.29. The highest BCUT2D eigenvalue weighted by Gasteiger charge is 2.20. The standard InChI is InChI=1S/C20H18BrN5O/c1-26-9-8-22-20(26)18(13-4-3-5-15(10-13)27-2)25-19-16-11-14(21)6-7-17(16)23-12-24-19/h3-12,18H,1-2H3,(H,23,24,25). The van der Waals surface area contributed by atoms with Crippen LogP contribution in [0.5, 0.6) is 5.75 Å². The van der Waals surface area contributed by atoms with Crippen LogP contribution in [0.25, 0.3) is 10.9 Å². The Hall–Kier alpha value is -2.93. The number of rotatable bonds is 5. The number of benzene rings is 2. The van der Waals surface area contributed by atoms with Crippen LogP contribution < -0.4 is 10.1 Å². The van der Waals surface area contributed by atoms with Crippen LogP contribution >= 0.6 is 15.9 Å². The molecule has 2 aromatic carbocycles. The van der Waals surface area contributed by atoms with Crippen molar-refractivity contribution in [3.8, 4) is 5.75 Å². The largest absolute Gasteiger partial charge is 0.497 e. The van der Waals surface area contributed by atoms with E-state index < -0.39 is 0 Å². The summed E-state index contributed by atoms with van der Waals surface area (Å²) in [6.45, 7) is 0. The van der Waals surface area contributed by atoms with Crippen LogP contribution in [0.2, 0.25) is 0 Å². The molecule has 0 radical (unpaired) electrons. The van der Waals surface area contributed by atoms with Gasteiger partial charge in [-0.3, -0.25) is 0 Å². The number of aromatic nitrogens is 4. The van der Waals surface area contributed by atoms with E-state index in [1.807, 2.05) is 60.3 Å². The van der Waals surface area contributed by atoms with Gasteiger partial charge >= 0.3 is 0 Å². The molecule has 1 atom stereocenters. The molecule has 0 aliphatic carbocycles. The van der Waals surface area contributed by atoms with Gasteiger partial charge in [0.05, 0.1) is 12.6 Å². The van der Waals surface area contributed by atoms with Crippen LogP contribution in [-0.4, -0.2) is 26.6 Å². The lowest BCUT2D eigenvalue weighted by Crippen LogP contribution is -2.17. The number of hydrogen-bond acceptors (Lipinski definition) is 5. The van der Waals surface area contributed by atoms with Gasteiger partial charge in [0.1, 0.15) is 29.8 Å². The average molecular weight is 424 g/mol. The van der Waals surface area contributed by atoms with Crippen molar-refractivity contribution in [3.05, 3.63) is 77.0 Å². The molecular formula is C20H18BrN5O. The number of nitrogens with zero attached hydrogens (tertiary/aromatic N) is 4. The van der Waals surface area contributed by atoms with E-state index >= 15 is 0 Å². The Morgan fingerprint density at radius 3 is 2.78 bits per heavy atom. The van der Waals surface area contributed by atoms with Crippen LogP contribution in [0.3, 0.4) is 0 Å². The van der Waals surface area contributed by atoms with Crippen molar-refractivity contribution in [2.45, 2.75) is 6.04 Å². The Bertz CT molecular complexity index is 1090. The zero-order valence-corrected chi connectivity index (χ0v) is 16.5. The summed E-state index contributed by atoms with van der Waals surface area (Å²) in [5, 5.41) is 4.49. The van der Waals surface area contributed by atoms with Gasteiger partial charge in [-0.1, -0.05) is 28.1 Å². The van der Waals surface area contributed by atoms with E-state index in [1.54, 1.807) is 19.6 Å². The predicted octanol–water partition coefficient (Wildman–Crippen LogP) is 4.34. The first-order chi connectivity index (χ1) is 13.2. The molecule has 4 aromatic rings. The molecule has 1 N–H and O–H groups in total. The molecule has 0 fully saturated rings. The second kappa shape index (κ2) is 7.36. The lowest BCUT2D eigenvalue weighted by Gasteiger charge is -2.21. The minimum absolute atomic E-state index is 0.197. The van der Waals surface area contributed by atoms with Gasteiger partial charge in [0.2, 0.25) is 0 Å². The second-order valence-electron chi connectivity index (χ2n) is 6.13. The fraction of sp³-hybridized carbons (Fsp3) is 0.150. The zero-order chi connectivity index (χ0) is 18.8. The maximum absolute atomic E-state index is 5.40. The molecule has 7 heteroatoms. The van der Waals surface area contributed by atoms with Crippen molar-refractivity contribution in [3.63, 3.8) is 0 Å². The molecule has 0 aliphatic heterocycles. The number of methoxy groups -OCH3 is 1. The zero-order valence-electron chi connectivity index (χ0n) is 14.9. The number of nitrogens with one attached hydrogen (secondary N) is 1. The fourth-order valence-electron chi connectivity index (χ4n) is 3.05. The molecule has 0 saturated carbocycles. The Kier molecular flexibility index (Phi) is 4.77. The molecule has 27 heavy (non-hydrogen) atoms. The second-order valence-corrected chi connectivity index (χ2v) is 7.05. The minimum atomic E-state index is -0.197. The molecule has 136 valence electrons. The first-order valence-corrected chi connectivity index (χ1v) is 9.23. The molecule has 0 aliphatic rings. The lowest BCUT2D eigenvalue weighted by atomic mass is 10.1. The summed E-state index contributed by atoms with van der Waals surface area (Å²) in [7, 11) is 3.64. The molecule has 2 heterocycles. The molecule has 6 nitrogen and oxygen atoms in total. The smallest absolute Gasteiger partial charge is 0.138 e. The van der Waals surface area contributed by atoms with Gasteiger partial charge in [-0.2, -0.15) is 0 Å². The van der Waals surface area contributed by atoms with Gasteiger partial charge in [-0.25, -0.2) is 15.0 Å². The number of fused-ring (bicyclic) bond motifs is 1. The van der Waals surface area contributed by atoms with Crippen molar-refractivity contribution >= 4 is 32.7 Å². The SMILES string of the molecule is COc1cccc(C(Nc2ncnc3ccc(Br)cc23)c2nccn2C)c1. The normalized spacial score (nSPS) is 12.1. The van der Waals surface area contributed by atoms with Crippen LogP contribution in [0, 0.1) is 0 Å². The van der Waals surface area contributed by atoms with Crippen LogP contribution in [-0.2, 0) is 7.05 Å². The van der Waals surface area contributed by atoms with Crippen molar-refractivity contribution < 1.29 is 4.74 Å². The van der Waals surface area contributed by atoms with Crippen molar-refractivity contribution in [1.82, 2.24) is 19.5 Å². The van der Waals surface area contributed by atoms with E-state index in [0.717, 1.165) is 38.3 Å². The Morgan fingerprint density at radius 1 is 1.11 bits per heavy atom. The topological polar surface area (TPSA) is 64.9 Å². The Balaban J connectivity index is 1.83. The highest BCUT2D eigenvalue weighted by Crippen LogP contribution is 2.30. The maximum atomic E-state index is 5.40. The van der Waals surface area contributed by atoms with Crippen LogP contribution in [0.4, 0.5) is 5.82 Å². The van der Waals surface area contributed by atoms with Crippen molar-refractivity contribution in [2.75, 3.05) is 12.4 Å². The van der Waals surface area contributed by atoms with E-state index in [9.17, 15) is 0 Å². The van der Waals surface area contributed by atoms with Gasteiger partial charge in [0.25, 0.3) is 0 Å². The third kappa shape index (κ3) is 3.50. The van der Waals surface area contributed by atoms with Gasteiger partial charge in [-0.15, -0.1) is 0 Å². The molecular weight excluding hydrogens is 406 g/mol. The van der Waals surface area contributed by atoms with Gasteiger partial charge in [0, 0.05) is 29.3 Å². The first kappa shape index (κ1) is 17.5. The third-order valence-corrected chi connectivity index (χ3v) is 4.92. The van der Waals surface area contributed by atoms with E-state index in [2.05, 4.69) is 36.2 Å². The quantitative estimate of drug-likeness (QED) is 0.517. The maximum Gasteiger partial charge on any atom is 0.138 e. The van der Waals surface area contributed by atoms with Gasteiger partial charge in [0.15, 0.2) is 0 Å². The highest BCUT2D eigenvalue weighted by atomic mass is 79.9. The first-order valence-electron chi connectivity index (χ1n) is 8.43. The summed E-state index contributed by atoms with van der Waals surface area (Å²) >= 11 is 3.53. The number of hydrogen-bond donors (Lipinski definition) is 1. The summed E-state index contributed by atoms with van der Waals surface area (Å²) in [4.78, 5) is 13.4. The van der Waals surface area contributed by atoms with Gasteiger partial charge in [-0.05, 0) is 35.9 Å². The summed E-state index contributed by atoms with van der Waals surface area (Å²) in [6, 6.07) is 13.7. The monoisotopic (exact) mass is 423 g/mol. The molecule has 0 amide bonds.